The summed E-state index contributed by atoms with van der Waals surface area (Å²) in [4.78, 5) is 0. The van der Waals surface area contributed by atoms with E-state index >= 15 is 0 Å². The summed E-state index contributed by atoms with van der Waals surface area (Å²) in [6.45, 7) is 0. The molecule has 12 aromatic carbocycles. The van der Waals surface area contributed by atoms with E-state index in [1.165, 1.54) is 97.7 Å². The minimum absolute atomic E-state index is 0.896. The monoisotopic (exact) mass is 746 g/mol. The lowest BCUT2D eigenvalue weighted by Crippen LogP contribution is -1.87. The van der Waals surface area contributed by atoms with Gasteiger partial charge in [-0.05, 0) is 157 Å². The lowest BCUT2D eigenvalue weighted by Gasteiger charge is -2.14. The molecule has 0 aliphatic rings. The Hall–Kier alpha value is -7.74. The van der Waals surface area contributed by atoms with Crippen molar-refractivity contribution in [3.05, 3.63) is 206 Å². The van der Waals surface area contributed by atoms with Crippen LogP contribution in [-0.2, 0) is 0 Å². The standard InChI is InChI=1S/C58H34O/c1-3-11-43-36(9-1)21-25-49-45-13-5-7-15-47(45)53(33-55(43)49)40-20-18-35-17-19-38(29-42(35)30-40)39-23-27-51-52-28-24-41(32-58(52)59-57(51)31-39)54-34-56-44-12-4-2-10-37(44)22-26-50(56)46-14-6-8-16-48(46)54/h1-34H. The Morgan fingerprint density at radius 2 is 0.576 bits per heavy atom. The number of furan rings is 1. The molecule has 1 heterocycles. The van der Waals surface area contributed by atoms with Crippen molar-refractivity contribution in [1.82, 2.24) is 0 Å². The van der Waals surface area contributed by atoms with E-state index in [9.17, 15) is 0 Å². The molecule has 1 heteroatoms. The van der Waals surface area contributed by atoms with Gasteiger partial charge >= 0.3 is 0 Å². The zero-order chi connectivity index (χ0) is 38.6. The van der Waals surface area contributed by atoms with E-state index in [0.717, 1.165) is 33.1 Å². The van der Waals surface area contributed by atoms with Crippen molar-refractivity contribution in [2.45, 2.75) is 0 Å². The van der Waals surface area contributed by atoms with Gasteiger partial charge in [0.15, 0.2) is 0 Å². The summed E-state index contributed by atoms with van der Waals surface area (Å²) in [5.41, 5.74) is 8.94. The molecule has 0 N–H and O–H groups in total. The van der Waals surface area contributed by atoms with Crippen molar-refractivity contribution in [3.8, 4) is 33.4 Å². The highest BCUT2D eigenvalue weighted by Gasteiger charge is 2.16. The van der Waals surface area contributed by atoms with Crippen LogP contribution >= 0.6 is 0 Å². The Kier molecular flexibility index (Phi) is 6.79. The summed E-state index contributed by atoms with van der Waals surface area (Å²) in [6, 6.07) is 75.9. The van der Waals surface area contributed by atoms with Gasteiger partial charge in [0.2, 0.25) is 0 Å². The number of fused-ring (bicyclic) bond motifs is 14. The molecule has 0 amide bonds. The fourth-order valence-electron chi connectivity index (χ4n) is 9.92. The first-order valence-corrected chi connectivity index (χ1v) is 20.4. The quantitative estimate of drug-likeness (QED) is 0.164. The van der Waals surface area contributed by atoms with Crippen LogP contribution in [0, 0.1) is 0 Å². The summed E-state index contributed by atoms with van der Waals surface area (Å²) in [5, 5.41) is 20.0. The molecule has 0 saturated heterocycles. The van der Waals surface area contributed by atoms with Crippen LogP contribution in [0.5, 0.6) is 0 Å². The summed E-state index contributed by atoms with van der Waals surface area (Å²) >= 11 is 0. The van der Waals surface area contributed by atoms with Gasteiger partial charge in [0.1, 0.15) is 11.2 Å². The van der Waals surface area contributed by atoms with Crippen LogP contribution in [-0.4, -0.2) is 0 Å². The molecule has 0 atom stereocenters. The van der Waals surface area contributed by atoms with E-state index in [4.69, 9.17) is 4.42 Å². The second kappa shape index (κ2) is 12.4. The van der Waals surface area contributed by atoms with Gasteiger partial charge in [-0.15, -0.1) is 0 Å². The van der Waals surface area contributed by atoms with E-state index in [2.05, 4.69) is 206 Å². The van der Waals surface area contributed by atoms with Crippen LogP contribution in [0.25, 0.3) is 131 Å². The number of hydrogen-bond donors (Lipinski definition) is 0. The molecular formula is C58H34O. The van der Waals surface area contributed by atoms with Crippen molar-refractivity contribution in [3.63, 3.8) is 0 Å². The molecule has 0 fully saturated rings. The zero-order valence-corrected chi connectivity index (χ0v) is 32.0. The van der Waals surface area contributed by atoms with E-state index in [-0.39, 0.29) is 0 Å². The maximum absolute atomic E-state index is 6.72. The predicted molar refractivity (Wildman–Crippen MR) is 253 cm³/mol. The fraction of sp³-hybridized carbons (Fsp3) is 0. The predicted octanol–water partition coefficient (Wildman–Crippen LogP) is 16.7. The first kappa shape index (κ1) is 32.4. The third kappa shape index (κ3) is 4.92. The van der Waals surface area contributed by atoms with Crippen molar-refractivity contribution in [2.75, 3.05) is 0 Å². The third-order valence-corrected chi connectivity index (χ3v) is 12.8. The molecular weight excluding hydrogens is 713 g/mol. The molecule has 1 aromatic heterocycles. The van der Waals surface area contributed by atoms with Crippen molar-refractivity contribution in [2.24, 2.45) is 0 Å². The van der Waals surface area contributed by atoms with Gasteiger partial charge in [-0.1, -0.05) is 158 Å². The number of benzene rings is 12. The van der Waals surface area contributed by atoms with Gasteiger partial charge < -0.3 is 4.42 Å². The SMILES string of the molecule is c1ccc2c(c1)ccc1c3ccccc3c(-c3ccc4ccc(-c5ccc6c(c5)oc5cc(-c7cc8c9ccccc9ccc8c8ccccc78)ccc56)cc4c3)cc21. The topological polar surface area (TPSA) is 13.1 Å². The maximum Gasteiger partial charge on any atom is 0.136 e. The van der Waals surface area contributed by atoms with Crippen molar-refractivity contribution < 1.29 is 4.42 Å². The Bertz CT molecular complexity index is 3900. The van der Waals surface area contributed by atoms with Crippen LogP contribution < -0.4 is 0 Å². The minimum atomic E-state index is 0.896. The van der Waals surface area contributed by atoms with Crippen LogP contribution in [0.1, 0.15) is 0 Å². The largest absolute Gasteiger partial charge is 0.456 e. The average molecular weight is 747 g/mol. The number of hydrogen-bond acceptors (Lipinski definition) is 1. The second-order valence-electron chi connectivity index (χ2n) is 16.0. The van der Waals surface area contributed by atoms with E-state index in [1.54, 1.807) is 0 Å². The van der Waals surface area contributed by atoms with Crippen LogP contribution in [0.15, 0.2) is 211 Å². The molecule has 13 rings (SSSR count). The Labute approximate surface area is 340 Å². The lowest BCUT2D eigenvalue weighted by molar-refractivity contribution is 0.669. The molecule has 0 bridgehead atoms. The summed E-state index contributed by atoms with van der Waals surface area (Å²) in [7, 11) is 0. The lowest BCUT2D eigenvalue weighted by atomic mass is 9.90. The molecule has 0 aliphatic carbocycles. The molecule has 0 saturated carbocycles. The Morgan fingerprint density at radius 1 is 0.203 bits per heavy atom. The second-order valence-corrected chi connectivity index (χ2v) is 16.0. The van der Waals surface area contributed by atoms with Gasteiger partial charge in [-0.3, -0.25) is 0 Å². The van der Waals surface area contributed by atoms with Crippen LogP contribution in [0.3, 0.4) is 0 Å². The van der Waals surface area contributed by atoms with E-state index in [0.29, 0.717) is 0 Å². The molecule has 1 nitrogen and oxygen atoms in total. The molecule has 13 aromatic rings. The molecule has 0 radical (unpaired) electrons. The highest BCUT2D eigenvalue weighted by molar-refractivity contribution is 6.23. The fourth-order valence-corrected chi connectivity index (χ4v) is 9.92. The molecule has 59 heavy (non-hydrogen) atoms. The highest BCUT2D eigenvalue weighted by Crippen LogP contribution is 2.42. The van der Waals surface area contributed by atoms with Gasteiger partial charge in [0.05, 0.1) is 0 Å². The molecule has 0 spiro atoms. The first-order chi connectivity index (χ1) is 29.2. The summed E-state index contributed by atoms with van der Waals surface area (Å²) in [5.74, 6) is 0. The van der Waals surface area contributed by atoms with Crippen LogP contribution in [0.4, 0.5) is 0 Å². The van der Waals surface area contributed by atoms with Crippen molar-refractivity contribution >= 4 is 97.3 Å². The maximum atomic E-state index is 6.72. The summed E-state index contributed by atoms with van der Waals surface area (Å²) in [6.07, 6.45) is 0. The van der Waals surface area contributed by atoms with Gasteiger partial charge in [0, 0.05) is 10.8 Å². The van der Waals surface area contributed by atoms with E-state index in [1.807, 2.05) is 0 Å². The molecule has 0 unspecified atom stereocenters. The molecule has 272 valence electrons. The van der Waals surface area contributed by atoms with Crippen molar-refractivity contribution in [1.29, 1.82) is 0 Å². The number of rotatable bonds is 3. The first-order valence-electron chi connectivity index (χ1n) is 20.4. The van der Waals surface area contributed by atoms with Crippen LogP contribution in [0.2, 0.25) is 0 Å². The van der Waals surface area contributed by atoms with E-state index < -0.39 is 0 Å². The van der Waals surface area contributed by atoms with Gasteiger partial charge in [0.25, 0.3) is 0 Å². The zero-order valence-electron chi connectivity index (χ0n) is 32.0. The normalized spacial score (nSPS) is 12.1. The van der Waals surface area contributed by atoms with Gasteiger partial charge in [-0.25, -0.2) is 0 Å². The Morgan fingerprint density at radius 3 is 1.17 bits per heavy atom. The smallest absolute Gasteiger partial charge is 0.136 e. The Balaban J connectivity index is 0.920. The average Bonchev–Trinajstić information content (AvgIpc) is 3.67. The third-order valence-electron chi connectivity index (χ3n) is 12.8. The highest BCUT2D eigenvalue weighted by atomic mass is 16.3. The van der Waals surface area contributed by atoms with Gasteiger partial charge in [-0.2, -0.15) is 0 Å². The minimum Gasteiger partial charge on any atom is -0.456 e. The molecule has 0 aliphatic heterocycles. The summed E-state index contributed by atoms with van der Waals surface area (Å²) < 4.78 is 6.72.